The van der Waals surface area contributed by atoms with Gasteiger partial charge in [-0.1, -0.05) is 41.9 Å². The molecule has 3 aromatic rings. The molecule has 1 aliphatic rings. The summed E-state index contributed by atoms with van der Waals surface area (Å²) in [4.78, 5) is 12.6. The van der Waals surface area contributed by atoms with E-state index in [2.05, 4.69) is 10.4 Å². The van der Waals surface area contributed by atoms with E-state index in [9.17, 15) is 4.79 Å². The zero-order valence-electron chi connectivity index (χ0n) is 13.8. The largest absolute Gasteiger partial charge is 0.485 e. The molecule has 0 saturated heterocycles. The summed E-state index contributed by atoms with van der Waals surface area (Å²) in [5, 5.41) is 7.76. The number of aromatic nitrogens is 2. The summed E-state index contributed by atoms with van der Waals surface area (Å²) in [6.07, 6.45) is 0.897. The predicted octanol–water partition coefficient (Wildman–Crippen LogP) is 3.36. The van der Waals surface area contributed by atoms with Crippen molar-refractivity contribution < 1.29 is 14.3 Å². The predicted molar refractivity (Wildman–Crippen MR) is 97.8 cm³/mol. The number of hydrogen-bond donors (Lipinski definition) is 1. The molecule has 4 rings (SSSR count). The third kappa shape index (κ3) is 3.36. The average Bonchev–Trinajstić information content (AvgIpc) is 3.10. The van der Waals surface area contributed by atoms with Crippen LogP contribution < -0.4 is 14.8 Å². The normalized spacial score (nSPS) is 15.5. The van der Waals surface area contributed by atoms with E-state index in [0.29, 0.717) is 28.9 Å². The molecule has 2 heterocycles. The van der Waals surface area contributed by atoms with Crippen LogP contribution in [0.25, 0.3) is 0 Å². The van der Waals surface area contributed by atoms with Crippen LogP contribution in [0.15, 0.2) is 60.8 Å². The van der Waals surface area contributed by atoms with E-state index < -0.39 is 6.10 Å². The number of anilines is 1. The minimum atomic E-state index is -0.728. The van der Waals surface area contributed by atoms with E-state index in [1.165, 1.54) is 0 Å². The van der Waals surface area contributed by atoms with Crippen molar-refractivity contribution in [1.82, 2.24) is 9.78 Å². The fourth-order valence-electron chi connectivity index (χ4n) is 2.71. The van der Waals surface area contributed by atoms with E-state index >= 15 is 0 Å². The molecule has 1 amide bonds. The average molecular weight is 370 g/mol. The number of hydrogen-bond acceptors (Lipinski definition) is 4. The second-order valence-electron chi connectivity index (χ2n) is 5.82. The van der Waals surface area contributed by atoms with Gasteiger partial charge in [-0.2, -0.15) is 5.10 Å². The molecule has 0 radical (unpaired) electrons. The summed E-state index contributed by atoms with van der Waals surface area (Å²) in [5.74, 6) is 1.47. The number of halogens is 1. The van der Waals surface area contributed by atoms with Gasteiger partial charge in [0, 0.05) is 11.1 Å². The number of nitrogens with zero attached hydrogens (tertiary/aromatic N) is 2. The Hall–Kier alpha value is -2.99. The maximum atomic E-state index is 12.6. The Balaban J connectivity index is 1.46. The molecule has 2 aromatic carbocycles. The number of ether oxygens (including phenoxy) is 2. The minimum absolute atomic E-state index is 0.154. The molecule has 132 valence electrons. The molecule has 26 heavy (non-hydrogen) atoms. The van der Waals surface area contributed by atoms with Gasteiger partial charge in [-0.3, -0.25) is 4.79 Å². The minimum Gasteiger partial charge on any atom is -0.485 e. The quantitative estimate of drug-likeness (QED) is 0.765. The van der Waals surface area contributed by atoms with Gasteiger partial charge in [0.25, 0.3) is 5.91 Å². The molecule has 1 atom stereocenters. The lowest BCUT2D eigenvalue weighted by molar-refractivity contribution is -0.125. The highest BCUT2D eigenvalue weighted by atomic mass is 35.5. The van der Waals surface area contributed by atoms with Crippen LogP contribution >= 0.6 is 11.6 Å². The van der Waals surface area contributed by atoms with Gasteiger partial charge in [0.05, 0.1) is 12.7 Å². The van der Waals surface area contributed by atoms with Gasteiger partial charge in [-0.05, 0) is 23.8 Å². The molecule has 0 saturated carbocycles. The van der Waals surface area contributed by atoms with Crippen molar-refractivity contribution in [1.29, 1.82) is 0 Å². The number of para-hydroxylation sites is 2. The van der Waals surface area contributed by atoms with Gasteiger partial charge in [-0.25, -0.2) is 4.68 Å². The lowest BCUT2D eigenvalue weighted by Gasteiger charge is -2.25. The van der Waals surface area contributed by atoms with Gasteiger partial charge in [0.2, 0.25) is 6.10 Å². The number of carbonyl (C=O) groups excluding carboxylic acids is 1. The fraction of sp³-hybridized carbons (Fsp3) is 0.158. The van der Waals surface area contributed by atoms with E-state index in [1.54, 1.807) is 23.0 Å². The second-order valence-corrected chi connectivity index (χ2v) is 6.23. The first-order chi connectivity index (χ1) is 12.7. The zero-order chi connectivity index (χ0) is 17.9. The van der Waals surface area contributed by atoms with Crippen molar-refractivity contribution in [3.63, 3.8) is 0 Å². The van der Waals surface area contributed by atoms with E-state index in [-0.39, 0.29) is 12.5 Å². The molecule has 6 nitrogen and oxygen atoms in total. The van der Waals surface area contributed by atoms with Gasteiger partial charge < -0.3 is 14.8 Å². The SMILES string of the molecule is O=C(Nc1ccnn1Cc1ccccc1Cl)C1COc2ccccc2O1. The highest BCUT2D eigenvalue weighted by Crippen LogP contribution is 2.31. The van der Waals surface area contributed by atoms with Crippen LogP contribution in [0.4, 0.5) is 5.82 Å². The summed E-state index contributed by atoms with van der Waals surface area (Å²) in [5.41, 5.74) is 0.916. The van der Waals surface area contributed by atoms with Gasteiger partial charge in [0.15, 0.2) is 11.5 Å². The molecule has 0 spiro atoms. The smallest absolute Gasteiger partial charge is 0.270 e. The van der Waals surface area contributed by atoms with E-state index in [4.69, 9.17) is 21.1 Å². The van der Waals surface area contributed by atoms with Crippen LogP contribution in [-0.2, 0) is 11.3 Å². The summed E-state index contributed by atoms with van der Waals surface area (Å²) < 4.78 is 13.0. The molecular weight excluding hydrogens is 354 g/mol. The Morgan fingerprint density at radius 2 is 1.92 bits per heavy atom. The maximum Gasteiger partial charge on any atom is 0.270 e. The van der Waals surface area contributed by atoms with Crippen molar-refractivity contribution in [2.75, 3.05) is 11.9 Å². The van der Waals surface area contributed by atoms with E-state index in [0.717, 1.165) is 5.56 Å². The van der Waals surface area contributed by atoms with Crippen LogP contribution in [0.2, 0.25) is 5.02 Å². The summed E-state index contributed by atoms with van der Waals surface area (Å²) >= 11 is 6.20. The molecule has 1 N–H and O–H groups in total. The second kappa shape index (κ2) is 7.09. The number of benzene rings is 2. The molecule has 7 heteroatoms. The topological polar surface area (TPSA) is 65.4 Å². The Labute approximate surface area is 155 Å². The number of fused-ring (bicyclic) bond motifs is 1. The number of carbonyl (C=O) groups is 1. The van der Waals surface area contributed by atoms with Crippen LogP contribution in [0.1, 0.15) is 5.56 Å². The highest BCUT2D eigenvalue weighted by Gasteiger charge is 2.27. The number of nitrogens with one attached hydrogen (secondary N) is 1. The summed E-state index contributed by atoms with van der Waals surface area (Å²) in [7, 11) is 0. The number of amides is 1. The Morgan fingerprint density at radius 1 is 1.15 bits per heavy atom. The monoisotopic (exact) mass is 369 g/mol. The first-order valence-electron chi connectivity index (χ1n) is 8.15. The first-order valence-corrected chi connectivity index (χ1v) is 8.53. The highest BCUT2D eigenvalue weighted by molar-refractivity contribution is 6.31. The third-order valence-corrected chi connectivity index (χ3v) is 4.42. The molecule has 0 fully saturated rings. The van der Waals surface area contributed by atoms with Gasteiger partial charge in [-0.15, -0.1) is 0 Å². The first kappa shape index (κ1) is 16.5. The third-order valence-electron chi connectivity index (χ3n) is 4.05. The molecule has 1 unspecified atom stereocenters. The standard InChI is InChI=1S/C19H16ClN3O3/c20-14-6-2-1-5-13(14)11-23-18(9-10-21-23)22-19(24)17-12-25-15-7-3-4-8-16(15)26-17/h1-10,17H,11-12H2,(H,22,24). The summed E-state index contributed by atoms with van der Waals surface area (Å²) in [6, 6.07) is 16.5. The van der Waals surface area contributed by atoms with E-state index in [1.807, 2.05) is 42.5 Å². The maximum absolute atomic E-state index is 12.6. The van der Waals surface area contributed by atoms with Gasteiger partial charge in [0.1, 0.15) is 12.4 Å². The fourth-order valence-corrected chi connectivity index (χ4v) is 2.90. The Bertz CT molecular complexity index is 941. The summed E-state index contributed by atoms with van der Waals surface area (Å²) in [6.45, 7) is 0.606. The Morgan fingerprint density at radius 3 is 2.77 bits per heavy atom. The molecule has 1 aromatic heterocycles. The lowest BCUT2D eigenvalue weighted by Crippen LogP contribution is -2.40. The van der Waals surface area contributed by atoms with Crippen LogP contribution in [-0.4, -0.2) is 28.4 Å². The molecular formula is C19H16ClN3O3. The molecule has 0 bridgehead atoms. The zero-order valence-corrected chi connectivity index (χ0v) is 14.5. The van der Waals surface area contributed by atoms with Crippen molar-refractivity contribution in [2.45, 2.75) is 12.6 Å². The van der Waals surface area contributed by atoms with Gasteiger partial charge >= 0.3 is 0 Å². The molecule has 1 aliphatic heterocycles. The lowest BCUT2D eigenvalue weighted by atomic mass is 10.2. The Kier molecular flexibility index (Phi) is 4.50. The van der Waals surface area contributed by atoms with Crippen LogP contribution in [0.3, 0.4) is 0 Å². The van der Waals surface area contributed by atoms with Crippen molar-refractivity contribution >= 4 is 23.3 Å². The number of rotatable bonds is 4. The van der Waals surface area contributed by atoms with Crippen molar-refractivity contribution in [2.24, 2.45) is 0 Å². The van der Waals surface area contributed by atoms with Crippen molar-refractivity contribution in [3.8, 4) is 11.5 Å². The van der Waals surface area contributed by atoms with Crippen LogP contribution in [0.5, 0.6) is 11.5 Å². The van der Waals surface area contributed by atoms with Crippen molar-refractivity contribution in [3.05, 3.63) is 71.4 Å². The molecule has 0 aliphatic carbocycles. The van der Waals surface area contributed by atoms with Crippen LogP contribution in [0, 0.1) is 0 Å².